The van der Waals surface area contributed by atoms with Crippen LogP contribution in [0.3, 0.4) is 0 Å². The maximum Gasteiger partial charge on any atom is 0.264 e. The summed E-state index contributed by atoms with van der Waals surface area (Å²) < 4.78 is 55.7. The average Bonchev–Trinajstić information content (AvgIpc) is 2.90. The first-order valence-corrected chi connectivity index (χ1v) is 14.8. The van der Waals surface area contributed by atoms with Crippen molar-refractivity contribution >= 4 is 54.9 Å². The highest BCUT2D eigenvalue weighted by Gasteiger charge is 2.29. The molecule has 202 valence electrons. The second-order valence-electron chi connectivity index (χ2n) is 8.46. The average molecular weight is 586 g/mol. The second kappa shape index (κ2) is 11.4. The van der Waals surface area contributed by atoms with Crippen molar-refractivity contribution in [3.8, 4) is 0 Å². The van der Waals surface area contributed by atoms with Gasteiger partial charge in [-0.2, -0.15) is 0 Å². The number of rotatable bonds is 9. The molecule has 3 aromatic carbocycles. The molecule has 0 unspecified atom stereocenters. The van der Waals surface area contributed by atoms with Gasteiger partial charge in [0, 0.05) is 23.1 Å². The lowest BCUT2D eigenvalue weighted by Crippen LogP contribution is -2.38. The number of carbonyl (C=O) groups is 1. The van der Waals surface area contributed by atoms with Crippen LogP contribution in [0.15, 0.2) is 95.0 Å². The van der Waals surface area contributed by atoms with Gasteiger partial charge in [0.25, 0.3) is 20.0 Å². The topological polar surface area (TPSA) is 138 Å². The number of aromatic nitrogens is 2. The molecule has 0 aliphatic carbocycles. The van der Waals surface area contributed by atoms with E-state index >= 15 is 0 Å². The fourth-order valence-corrected chi connectivity index (χ4v) is 6.19. The van der Waals surface area contributed by atoms with E-state index in [2.05, 4.69) is 20.0 Å². The minimum absolute atomic E-state index is 0.0183. The summed E-state index contributed by atoms with van der Waals surface area (Å²) in [6.07, 6.45) is 2.80. The SMILES string of the molecule is Cc1ccc(S(=O)(=O)N(CC(=O)Nc2ccc(S(=O)(=O)Nc3ncccn3)cc2)c2cccc(Cl)c2C)cc1. The van der Waals surface area contributed by atoms with Crippen molar-refractivity contribution in [1.82, 2.24) is 9.97 Å². The lowest BCUT2D eigenvalue weighted by atomic mass is 10.2. The van der Waals surface area contributed by atoms with Gasteiger partial charge in [-0.25, -0.2) is 31.5 Å². The van der Waals surface area contributed by atoms with E-state index < -0.39 is 32.5 Å². The van der Waals surface area contributed by atoms with E-state index in [0.29, 0.717) is 10.6 Å². The fourth-order valence-electron chi connectivity index (χ4n) is 3.58. The van der Waals surface area contributed by atoms with Crippen LogP contribution in [-0.4, -0.2) is 39.3 Å². The Hall–Kier alpha value is -4.00. The van der Waals surface area contributed by atoms with Crippen LogP contribution in [0.2, 0.25) is 5.02 Å². The van der Waals surface area contributed by atoms with Crippen LogP contribution < -0.4 is 14.3 Å². The van der Waals surface area contributed by atoms with E-state index in [4.69, 9.17) is 11.6 Å². The van der Waals surface area contributed by atoms with Crippen LogP contribution in [0.4, 0.5) is 17.3 Å². The molecule has 0 radical (unpaired) electrons. The number of aryl methyl sites for hydroxylation is 1. The Morgan fingerprint density at radius 1 is 0.846 bits per heavy atom. The van der Waals surface area contributed by atoms with Crippen molar-refractivity contribution < 1.29 is 21.6 Å². The van der Waals surface area contributed by atoms with Gasteiger partial charge < -0.3 is 5.32 Å². The Balaban J connectivity index is 1.57. The summed E-state index contributed by atoms with van der Waals surface area (Å²) in [5.74, 6) is -0.724. The monoisotopic (exact) mass is 585 g/mol. The zero-order chi connectivity index (χ0) is 28.2. The maximum absolute atomic E-state index is 13.6. The quantitative estimate of drug-likeness (QED) is 0.297. The molecule has 1 amide bonds. The van der Waals surface area contributed by atoms with Crippen LogP contribution >= 0.6 is 11.6 Å². The number of nitrogens with one attached hydrogen (secondary N) is 2. The zero-order valence-electron chi connectivity index (χ0n) is 20.9. The highest BCUT2D eigenvalue weighted by atomic mass is 35.5. The van der Waals surface area contributed by atoms with E-state index in [1.54, 1.807) is 43.3 Å². The van der Waals surface area contributed by atoms with Crippen molar-refractivity contribution in [2.24, 2.45) is 0 Å². The number of benzene rings is 3. The van der Waals surface area contributed by atoms with Gasteiger partial charge in [0.2, 0.25) is 11.9 Å². The van der Waals surface area contributed by atoms with Crippen molar-refractivity contribution in [1.29, 1.82) is 0 Å². The Kier molecular flexibility index (Phi) is 8.19. The number of carbonyl (C=O) groups excluding carboxylic acids is 1. The third-order valence-electron chi connectivity index (χ3n) is 5.64. The Labute approximate surface area is 231 Å². The normalized spacial score (nSPS) is 11.6. The van der Waals surface area contributed by atoms with E-state index in [1.165, 1.54) is 48.8 Å². The molecule has 1 heterocycles. The summed E-state index contributed by atoms with van der Waals surface area (Å²) in [7, 11) is -8.10. The van der Waals surface area contributed by atoms with Gasteiger partial charge in [0.1, 0.15) is 6.54 Å². The summed E-state index contributed by atoms with van der Waals surface area (Å²) in [6, 6.07) is 18.0. The summed E-state index contributed by atoms with van der Waals surface area (Å²) in [5, 5.41) is 2.97. The largest absolute Gasteiger partial charge is 0.325 e. The molecule has 13 heteroatoms. The molecule has 10 nitrogen and oxygen atoms in total. The minimum atomic E-state index is -4.14. The predicted octanol–water partition coefficient (Wildman–Crippen LogP) is 4.38. The molecule has 39 heavy (non-hydrogen) atoms. The molecule has 1 aromatic heterocycles. The molecule has 4 aromatic rings. The van der Waals surface area contributed by atoms with Gasteiger partial charge in [0.15, 0.2) is 0 Å². The van der Waals surface area contributed by atoms with Gasteiger partial charge in [-0.15, -0.1) is 0 Å². The second-order valence-corrected chi connectivity index (χ2v) is 12.4. The Morgan fingerprint density at radius 3 is 2.10 bits per heavy atom. The summed E-state index contributed by atoms with van der Waals surface area (Å²) in [4.78, 5) is 20.7. The first-order chi connectivity index (χ1) is 18.5. The van der Waals surface area contributed by atoms with Gasteiger partial charge in [0.05, 0.1) is 15.5 Å². The lowest BCUT2D eigenvalue weighted by molar-refractivity contribution is -0.114. The van der Waals surface area contributed by atoms with Crippen molar-refractivity contribution in [3.05, 3.63) is 101 Å². The molecule has 0 saturated heterocycles. The molecular weight excluding hydrogens is 562 g/mol. The van der Waals surface area contributed by atoms with Crippen LogP contribution in [0.1, 0.15) is 11.1 Å². The highest BCUT2D eigenvalue weighted by molar-refractivity contribution is 7.93. The first-order valence-electron chi connectivity index (χ1n) is 11.5. The van der Waals surface area contributed by atoms with Crippen LogP contribution in [0.5, 0.6) is 0 Å². The van der Waals surface area contributed by atoms with Gasteiger partial charge in [-0.05, 0) is 74.0 Å². The fraction of sp³-hybridized carbons (Fsp3) is 0.115. The number of amides is 1. The van der Waals surface area contributed by atoms with Gasteiger partial charge in [-0.1, -0.05) is 35.4 Å². The Bertz CT molecular complexity index is 1700. The van der Waals surface area contributed by atoms with Crippen molar-refractivity contribution in [3.63, 3.8) is 0 Å². The summed E-state index contributed by atoms with van der Waals surface area (Å²) in [5.41, 5.74) is 1.90. The van der Waals surface area contributed by atoms with Crippen molar-refractivity contribution in [2.75, 3.05) is 20.9 Å². The van der Waals surface area contributed by atoms with Crippen molar-refractivity contribution in [2.45, 2.75) is 23.6 Å². The highest BCUT2D eigenvalue weighted by Crippen LogP contribution is 2.31. The van der Waals surface area contributed by atoms with E-state index in [0.717, 1.165) is 9.87 Å². The van der Waals surface area contributed by atoms with E-state index in [1.807, 2.05) is 6.92 Å². The van der Waals surface area contributed by atoms with Crippen LogP contribution in [-0.2, 0) is 24.8 Å². The summed E-state index contributed by atoms with van der Waals surface area (Å²) in [6.45, 7) is 2.95. The lowest BCUT2D eigenvalue weighted by Gasteiger charge is -2.26. The minimum Gasteiger partial charge on any atom is -0.325 e. The molecule has 0 saturated carbocycles. The molecule has 0 bridgehead atoms. The Morgan fingerprint density at radius 2 is 1.46 bits per heavy atom. The number of anilines is 3. The number of halogens is 1. The molecular formula is C26H24ClN5O5S2. The number of hydrogen-bond acceptors (Lipinski definition) is 7. The van der Waals surface area contributed by atoms with E-state index in [-0.39, 0.29) is 27.1 Å². The number of sulfonamides is 2. The van der Waals surface area contributed by atoms with Gasteiger partial charge in [-0.3, -0.25) is 9.10 Å². The maximum atomic E-state index is 13.6. The molecule has 2 N–H and O–H groups in total. The molecule has 0 aliphatic rings. The molecule has 0 spiro atoms. The predicted molar refractivity (Wildman–Crippen MR) is 150 cm³/mol. The molecule has 0 fully saturated rings. The zero-order valence-corrected chi connectivity index (χ0v) is 23.3. The summed E-state index contributed by atoms with van der Waals surface area (Å²) >= 11 is 6.26. The molecule has 0 atom stereocenters. The van der Waals surface area contributed by atoms with Crippen LogP contribution in [0, 0.1) is 13.8 Å². The number of nitrogens with zero attached hydrogens (tertiary/aromatic N) is 3. The number of hydrogen-bond donors (Lipinski definition) is 2. The third-order valence-corrected chi connectivity index (χ3v) is 9.17. The first kappa shape index (κ1) is 28.0. The molecule has 4 rings (SSSR count). The van der Waals surface area contributed by atoms with Gasteiger partial charge >= 0.3 is 0 Å². The van der Waals surface area contributed by atoms with E-state index in [9.17, 15) is 21.6 Å². The standard InChI is InChI=1S/C26H24ClN5O5S2/c1-18-7-11-22(12-8-18)39(36,37)32(24-6-3-5-23(27)19(24)2)17-25(33)30-20-9-13-21(14-10-20)38(34,35)31-26-28-15-4-16-29-26/h3-16H,17H2,1-2H3,(H,30,33)(H,28,29,31). The smallest absolute Gasteiger partial charge is 0.264 e. The third kappa shape index (κ3) is 6.53. The molecule has 0 aliphatic heterocycles. The van der Waals surface area contributed by atoms with Crippen LogP contribution in [0.25, 0.3) is 0 Å².